The van der Waals surface area contributed by atoms with Crippen molar-refractivity contribution >= 4 is 0 Å². The van der Waals surface area contributed by atoms with Crippen molar-refractivity contribution in [3.8, 4) is 0 Å². The fourth-order valence-electron chi connectivity index (χ4n) is 4.08. The van der Waals surface area contributed by atoms with E-state index in [-0.39, 0.29) is 0 Å². The van der Waals surface area contributed by atoms with Gasteiger partial charge in [0.05, 0.1) is 6.61 Å². The summed E-state index contributed by atoms with van der Waals surface area (Å²) in [6.45, 7) is 6.37. The fourth-order valence-corrected chi connectivity index (χ4v) is 4.08. The molecule has 0 aromatic carbocycles. The summed E-state index contributed by atoms with van der Waals surface area (Å²) in [4.78, 5) is 0. The van der Waals surface area contributed by atoms with Crippen LogP contribution in [-0.2, 0) is 4.74 Å². The first kappa shape index (κ1) is 31.4. The Balaban J connectivity index is 3.32. The van der Waals surface area contributed by atoms with Crippen LogP contribution in [0.5, 0.6) is 0 Å². The van der Waals surface area contributed by atoms with E-state index in [1.165, 1.54) is 122 Å². The molecule has 32 heavy (non-hydrogen) atoms. The highest BCUT2D eigenvalue weighted by Gasteiger charge is 2.05. The molecule has 0 aromatic heterocycles. The van der Waals surface area contributed by atoms with Gasteiger partial charge in [0.1, 0.15) is 0 Å². The van der Waals surface area contributed by atoms with Crippen molar-refractivity contribution < 1.29 is 4.74 Å². The summed E-state index contributed by atoms with van der Waals surface area (Å²) in [5.41, 5.74) is 0. The topological polar surface area (TPSA) is 21.3 Å². The minimum Gasteiger partial charge on any atom is -0.380 e. The number of hydrogen-bond acceptors (Lipinski definition) is 2. The van der Waals surface area contributed by atoms with Gasteiger partial charge in [0.25, 0.3) is 0 Å². The van der Waals surface area contributed by atoms with E-state index in [1.807, 2.05) is 0 Å². The van der Waals surface area contributed by atoms with Crippen LogP contribution in [0.4, 0.5) is 0 Å². The highest BCUT2D eigenvalue weighted by Crippen LogP contribution is 2.11. The van der Waals surface area contributed by atoms with Gasteiger partial charge in [-0.2, -0.15) is 0 Å². The Bertz CT molecular complexity index is 390. The second-order valence-electron chi connectivity index (χ2n) is 9.55. The average molecular weight is 450 g/mol. The molecule has 1 N–H and O–H groups in total. The number of ether oxygens (including phenoxy) is 1. The molecule has 0 fully saturated rings. The standard InChI is InChI=1S/C30H59NO/c1-4-6-8-10-12-13-14-15-16-17-18-19-20-22-24-26-28-32-29-30(31-3)27-25-23-21-11-9-7-5-2/h12-13,15-16,30-31H,4-11,14,17-29H2,1-3H3/b13-12-,16-15-/t30-/m0/s1. The van der Waals surface area contributed by atoms with Gasteiger partial charge in [-0.25, -0.2) is 0 Å². The van der Waals surface area contributed by atoms with Crippen LogP contribution < -0.4 is 5.32 Å². The molecule has 0 aliphatic carbocycles. The number of allylic oxidation sites excluding steroid dienone is 4. The molecule has 0 saturated carbocycles. The van der Waals surface area contributed by atoms with Crippen LogP contribution in [0.15, 0.2) is 24.3 Å². The Kier molecular flexibility index (Phi) is 27.9. The van der Waals surface area contributed by atoms with Gasteiger partial charge in [-0.1, -0.05) is 122 Å². The molecule has 0 bridgehead atoms. The Hall–Kier alpha value is -0.600. The maximum atomic E-state index is 5.94. The highest BCUT2D eigenvalue weighted by molar-refractivity contribution is 4.92. The predicted octanol–water partition coefficient (Wildman–Crippen LogP) is 9.55. The van der Waals surface area contributed by atoms with Crippen LogP contribution >= 0.6 is 0 Å². The molecule has 0 unspecified atom stereocenters. The van der Waals surface area contributed by atoms with E-state index < -0.39 is 0 Å². The van der Waals surface area contributed by atoms with E-state index in [0.29, 0.717) is 6.04 Å². The average Bonchev–Trinajstić information content (AvgIpc) is 2.81. The minimum absolute atomic E-state index is 0.537. The van der Waals surface area contributed by atoms with Crippen molar-refractivity contribution in [2.75, 3.05) is 20.3 Å². The van der Waals surface area contributed by atoms with Crippen molar-refractivity contribution in [2.24, 2.45) is 0 Å². The van der Waals surface area contributed by atoms with Gasteiger partial charge in [0.15, 0.2) is 0 Å². The summed E-state index contributed by atoms with van der Waals surface area (Å²) in [5, 5.41) is 3.44. The van der Waals surface area contributed by atoms with E-state index in [4.69, 9.17) is 4.74 Å². The van der Waals surface area contributed by atoms with E-state index in [2.05, 4.69) is 50.5 Å². The Morgan fingerprint density at radius 3 is 1.72 bits per heavy atom. The maximum absolute atomic E-state index is 5.94. The smallest absolute Gasteiger partial charge is 0.0619 e. The lowest BCUT2D eigenvalue weighted by Crippen LogP contribution is -2.30. The number of unbranched alkanes of at least 4 members (excludes halogenated alkanes) is 15. The van der Waals surface area contributed by atoms with Crippen LogP contribution in [0.25, 0.3) is 0 Å². The third-order valence-electron chi connectivity index (χ3n) is 6.37. The van der Waals surface area contributed by atoms with Crippen molar-refractivity contribution in [3.05, 3.63) is 24.3 Å². The normalized spacial score (nSPS) is 13.0. The molecule has 0 aromatic rings. The largest absolute Gasteiger partial charge is 0.380 e. The summed E-state index contributed by atoms with van der Waals surface area (Å²) >= 11 is 0. The molecule has 190 valence electrons. The molecule has 0 aliphatic heterocycles. The lowest BCUT2D eigenvalue weighted by Gasteiger charge is -2.16. The summed E-state index contributed by atoms with van der Waals surface area (Å²) < 4.78 is 5.94. The van der Waals surface area contributed by atoms with E-state index in [0.717, 1.165) is 19.6 Å². The number of nitrogens with one attached hydrogen (secondary N) is 1. The second kappa shape index (κ2) is 28.4. The maximum Gasteiger partial charge on any atom is 0.0619 e. The van der Waals surface area contributed by atoms with Crippen LogP contribution in [-0.4, -0.2) is 26.3 Å². The molecule has 2 heteroatoms. The molecule has 0 spiro atoms. The van der Waals surface area contributed by atoms with Crippen LogP contribution in [0.3, 0.4) is 0 Å². The van der Waals surface area contributed by atoms with Crippen molar-refractivity contribution in [3.63, 3.8) is 0 Å². The SMILES string of the molecule is CCCCC/C=C\C/C=C\CCCCCCCCOC[C@H](CCCCCCCCC)NC. The molecule has 2 nitrogen and oxygen atoms in total. The molecular formula is C30H59NO. The van der Waals surface area contributed by atoms with Crippen molar-refractivity contribution in [2.45, 2.75) is 148 Å². The zero-order chi connectivity index (χ0) is 23.4. The lowest BCUT2D eigenvalue weighted by atomic mass is 10.1. The van der Waals surface area contributed by atoms with Gasteiger partial charge in [0.2, 0.25) is 0 Å². The lowest BCUT2D eigenvalue weighted by molar-refractivity contribution is 0.106. The molecule has 0 heterocycles. The van der Waals surface area contributed by atoms with Crippen LogP contribution in [0, 0.1) is 0 Å². The molecule has 0 amide bonds. The monoisotopic (exact) mass is 449 g/mol. The second-order valence-corrected chi connectivity index (χ2v) is 9.55. The minimum atomic E-state index is 0.537. The molecule has 0 saturated heterocycles. The van der Waals surface area contributed by atoms with E-state index >= 15 is 0 Å². The Labute approximate surface area is 203 Å². The van der Waals surface area contributed by atoms with Gasteiger partial charge in [0, 0.05) is 12.6 Å². The zero-order valence-corrected chi connectivity index (χ0v) is 22.4. The van der Waals surface area contributed by atoms with Crippen molar-refractivity contribution in [1.82, 2.24) is 5.32 Å². The third-order valence-corrected chi connectivity index (χ3v) is 6.37. The van der Waals surface area contributed by atoms with Gasteiger partial charge in [-0.15, -0.1) is 0 Å². The van der Waals surface area contributed by atoms with Crippen LogP contribution in [0.2, 0.25) is 0 Å². The quantitative estimate of drug-likeness (QED) is 0.105. The van der Waals surface area contributed by atoms with Gasteiger partial charge in [-0.05, 0) is 52.0 Å². The first-order valence-electron chi connectivity index (χ1n) is 14.4. The first-order chi connectivity index (χ1) is 15.8. The molecule has 0 rings (SSSR count). The summed E-state index contributed by atoms with van der Waals surface area (Å²) in [7, 11) is 2.08. The van der Waals surface area contributed by atoms with Gasteiger partial charge < -0.3 is 10.1 Å². The first-order valence-corrected chi connectivity index (χ1v) is 14.4. The summed E-state index contributed by atoms with van der Waals surface area (Å²) in [6, 6.07) is 0.537. The van der Waals surface area contributed by atoms with Gasteiger partial charge in [-0.3, -0.25) is 0 Å². The Morgan fingerprint density at radius 2 is 1.09 bits per heavy atom. The molecule has 1 atom stereocenters. The number of hydrogen-bond donors (Lipinski definition) is 1. The Morgan fingerprint density at radius 1 is 0.594 bits per heavy atom. The predicted molar refractivity (Wildman–Crippen MR) is 146 cm³/mol. The molecular weight excluding hydrogens is 390 g/mol. The number of rotatable bonds is 26. The summed E-state index contributed by atoms with van der Waals surface area (Å²) in [6.07, 6.45) is 36.0. The third kappa shape index (κ3) is 25.7. The van der Waals surface area contributed by atoms with Gasteiger partial charge >= 0.3 is 0 Å². The summed E-state index contributed by atoms with van der Waals surface area (Å²) in [5.74, 6) is 0. The van der Waals surface area contributed by atoms with E-state index in [1.54, 1.807) is 0 Å². The molecule has 0 radical (unpaired) electrons. The number of likely N-dealkylation sites (N-methyl/N-ethyl adjacent to an activating group) is 1. The van der Waals surface area contributed by atoms with Crippen LogP contribution in [0.1, 0.15) is 142 Å². The highest BCUT2D eigenvalue weighted by atomic mass is 16.5. The van der Waals surface area contributed by atoms with E-state index in [9.17, 15) is 0 Å². The van der Waals surface area contributed by atoms with Crippen molar-refractivity contribution in [1.29, 1.82) is 0 Å². The fraction of sp³-hybridized carbons (Fsp3) is 0.867. The molecule has 0 aliphatic rings. The zero-order valence-electron chi connectivity index (χ0n) is 22.4.